The molecule has 3 heteroatoms. The van der Waals surface area contributed by atoms with E-state index in [1.165, 1.54) is 0 Å². The first-order valence-electron chi connectivity index (χ1n) is 4.98. The van der Waals surface area contributed by atoms with Crippen molar-refractivity contribution in [1.82, 2.24) is 0 Å². The summed E-state index contributed by atoms with van der Waals surface area (Å²) < 4.78 is 5.21. The fourth-order valence-corrected chi connectivity index (χ4v) is 1.26. The number of carbonyl (C=O) groups is 1. The van der Waals surface area contributed by atoms with Crippen molar-refractivity contribution in [3.05, 3.63) is 11.8 Å². The molecular weight excluding hydrogens is 180 g/mol. The fraction of sp³-hybridized carbons (Fsp3) is 0.727. The average Bonchev–Trinajstić information content (AvgIpc) is 2.15. The van der Waals surface area contributed by atoms with Crippen LogP contribution in [0.15, 0.2) is 11.8 Å². The molecule has 0 radical (unpaired) electrons. The highest BCUT2D eigenvalue weighted by molar-refractivity contribution is 5.97. The van der Waals surface area contributed by atoms with E-state index in [0.717, 1.165) is 12.8 Å². The van der Waals surface area contributed by atoms with E-state index >= 15 is 0 Å². The van der Waals surface area contributed by atoms with Crippen LogP contribution in [0.3, 0.4) is 0 Å². The Kier molecular flexibility index (Phi) is 3.32. The van der Waals surface area contributed by atoms with Gasteiger partial charge in [-0.2, -0.15) is 0 Å². The van der Waals surface area contributed by atoms with Crippen molar-refractivity contribution in [1.29, 1.82) is 0 Å². The fourth-order valence-electron chi connectivity index (χ4n) is 1.26. The summed E-state index contributed by atoms with van der Waals surface area (Å²) in [6, 6.07) is 0. The van der Waals surface area contributed by atoms with Crippen LogP contribution in [0, 0.1) is 5.41 Å². The van der Waals surface area contributed by atoms with E-state index < -0.39 is 11.5 Å². The van der Waals surface area contributed by atoms with Crippen molar-refractivity contribution in [2.24, 2.45) is 5.41 Å². The van der Waals surface area contributed by atoms with Gasteiger partial charge in [-0.15, -0.1) is 0 Å². The predicted octanol–water partition coefficient (Wildman–Crippen LogP) is 1.66. The second-order valence-corrected chi connectivity index (χ2v) is 4.69. The van der Waals surface area contributed by atoms with Crippen molar-refractivity contribution < 1.29 is 14.6 Å². The van der Waals surface area contributed by atoms with Gasteiger partial charge in [0.2, 0.25) is 5.78 Å². The van der Waals surface area contributed by atoms with Crippen LogP contribution >= 0.6 is 0 Å². The minimum Gasteiger partial charge on any atom is -0.490 e. The predicted molar refractivity (Wildman–Crippen MR) is 53.7 cm³/mol. The first kappa shape index (κ1) is 11.2. The van der Waals surface area contributed by atoms with Gasteiger partial charge in [0, 0.05) is 0 Å². The highest BCUT2D eigenvalue weighted by atomic mass is 16.5. The molecule has 3 nitrogen and oxygen atoms in total. The van der Waals surface area contributed by atoms with Crippen molar-refractivity contribution in [2.75, 3.05) is 6.61 Å². The highest BCUT2D eigenvalue weighted by Crippen LogP contribution is 2.23. The smallest absolute Gasteiger partial charge is 0.225 e. The van der Waals surface area contributed by atoms with Gasteiger partial charge < -0.3 is 9.84 Å². The van der Waals surface area contributed by atoms with Gasteiger partial charge in [0.25, 0.3) is 0 Å². The molecule has 1 atom stereocenters. The van der Waals surface area contributed by atoms with Crippen molar-refractivity contribution in [2.45, 2.75) is 39.7 Å². The number of hydrogen-bond donors (Lipinski definition) is 1. The van der Waals surface area contributed by atoms with Gasteiger partial charge in [-0.3, -0.25) is 4.79 Å². The Bertz CT molecular complexity index is 248. The van der Waals surface area contributed by atoms with Crippen LogP contribution in [0.1, 0.15) is 33.6 Å². The maximum atomic E-state index is 11.7. The molecule has 14 heavy (non-hydrogen) atoms. The molecule has 80 valence electrons. The molecule has 0 aliphatic carbocycles. The monoisotopic (exact) mass is 198 g/mol. The molecule has 1 rings (SSSR count). The maximum Gasteiger partial charge on any atom is 0.225 e. The van der Waals surface area contributed by atoms with E-state index in [4.69, 9.17) is 4.74 Å². The number of carbonyl (C=O) groups excluding carboxylic acids is 1. The summed E-state index contributed by atoms with van der Waals surface area (Å²) in [5.74, 6) is 0.0378. The lowest BCUT2D eigenvalue weighted by Gasteiger charge is -2.26. The largest absolute Gasteiger partial charge is 0.490 e. The van der Waals surface area contributed by atoms with Crippen LogP contribution in [-0.4, -0.2) is 23.6 Å². The number of ether oxygens (including phenoxy) is 1. The van der Waals surface area contributed by atoms with Crippen LogP contribution in [0.5, 0.6) is 0 Å². The second kappa shape index (κ2) is 4.13. The Morgan fingerprint density at radius 3 is 2.64 bits per heavy atom. The third-order valence-electron chi connectivity index (χ3n) is 2.25. The lowest BCUT2D eigenvalue weighted by Crippen LogP contribution is -2.36. The SMILES string of the molecule is CC(C)(C)C(O)C(=O)C1=CCCCO1. The molecule has 0 fully saturated rings. The zero-order chi connectivity index (χ0) is 10.8. The Balaban J connectivity index is 2.69. The molecule has 0 saturated heterocycles. The average molecular weight is 198 g/mol. The summed E-state index contributed by atoms with van der Waals surface area (Å²) in [6.45, 7) is 6.07. The molecule has 1 unspecified atom stereocenters. The number of Topliss-reactive ketones (excluding diaryl/α,β-unsaturated/α-hetero) is 1. The number of ketones is 1. The Labute approximate surface area is 84.8 Å². The van der Waals surface area contributed by atoms with E-state index in [0.29, 0.717) is 12.4 Å². The number of hydrogen-bond acceptors (Lipinski definition) is 3. The zero-order valence-corrected chi connectivity index (χ0v) is 9.04. The molecule has 0 saturated carbocycles. The number of aliphatic hydroxyl groups excluding tert-OH is 1. The van der Waals surface area contributed by atoms with Crippen LogP contribution in [0.2, 0.25) is 0 Å². The molecular formula is C11H18O3. The normalized spacial score (nSPS) is 19.6. The topological polar surface area (TPSA) is 46.5 Å². The summed E-state index contributed by atoms with van der Waals surface area (Å²) in [5, 5.41) is 9.74. The van der Waals surface area contributed by atoms with Crippen LogP contribution < -0.4 is 0 Å². The minimum absolute atomic E-state index is 0.294. The highest BCUT2D eigenvalue weighted by Gasteiger charge is 2.32. The third kappa shape index (κ3) is 2.58. The molecule has 1 aliphatic heterocycles. The van der Waals surface area contributed by atoms with Gasteiger partial charge in [0.05, 0.1) is 6.61 Å². The molecule has 0 amide bonds. The van der Waals surface area contributed by atoms with Gasteiger partial charge in [0.15, 0.2) is 5.76 Å². The summed E-state index contributed by atoms with van der Waals surface area (Å²) in [7, 11) is 0. The lowest BCUT2D eigenvalue weighted by molar-refractivity contribution is -0.132. The van der Waals surface area contributed by atoms with Crippen LogP contribution in [0.25, 0.3) is 0 Å². The summed E-state index contributed by atoms with van der Waals surface area (Å²) >= 11 is 0. The van der Waals surface area contributed by atoms with Gasteiger partial charge in [-0.1, -0.05) is 20.8 Å². The number of aliphatic hydroxyl groups is 1. The zero-order valence-electron chi connectivity index (χ0n) is 9.04. The quantitative estimate of drug-likeness (QED) is 0.734. The first-order valence-corrected chi connectivity index (χ1v) is 4.98. The molecule has 0 bridgehead atoms. The molecule has 0 aromatic carbocycles. The van der Waals surface area contributed by atoms with E-state index in [9.17, 15) is 9.90 Å². The van der Waals surface area contributed by atoms with Crippen LogP contribution in [-0.2, 0) is 9.53 Å². The Morgan fingerprint density at radius 1 is 1.57 bits per heavy atom. The van der Waals surface area contributed by atoms with Crippen LogP contribution in [0.4, 0.5) is 0 Å². The second-order valence-electron chi connectivity index (χ2n) is 4.69. The summed E-state index contributed by atoms with van der Waals surface area (Å²) in [5.41, 5.74) is -0.432. The molecule has 1 N–H and O–H groups in total. The lowest BCUT2D eigenvalue weighted by atomic mass is 9.86. The van der Waals surface area contributed by atoms with Crippen molar-refractivity contribution in [3.63, 3.8) is 0 Å². The molecule has 0 aromatic heterocycles. The van der Waals surface area contributed by atoms with E-state index in [2.05, 4.69) is 0 Å². The van der Waals surface area contributed by atoms with Gasteiger partial charge >= 0.3 is 0 Å². The Hall–Kier alpha value is -0.830. The van der Waals surface area contributed by atoms with E-state index in [-0.39, 0.29) is 5.78 Å². The van der Waals surface area contributed by atoms with E-state index in [1.54, 1.807) is 6.08 Å². The van der Waals surface area contributed by atoms with Gasteiger partial charge in [-0.25, -0.2) is 0 Å². The summed E-state index contributed by atoms with van der Waals surface area (Å²) in [4.78, 5) is 11.7. The molecule has 1 aliphatic rings. The van der Waals surface area contributed by atoms with E-state index in [1.807, 2.05) is 20.8 Å². The maximum absolute atomic E-state index is 11.7. The molecule has 0 aromatic rings. The molecule has 1 heterocycles. The standard InChI is InChI=1S/C11H18O3/c1-11(2,3)10(13)9(12)8-6-4-5-7-14-8/h6,10,13H,4-5,7H2,1-3H3. The number of allylic oxidation sites excluding steroid dienone is 1. The summed E-state index contributed by atoms with van der Waals surface area (Å²) in [6.07, 6.45) is 2.59. The van der Waals surface area contributed by atoms with Crippen molar-refractivity contribution in [3.8, 4) is 0 Å². The van der Waals surface area contributed by atoms with Gasteiger partial charge in [0.1, 0.15) is 6.10 Å². The Morgan fingerprint density at radius 2 is 2.21 bits per heavy atom. The van der Waals surface area contributed by atoms with Gasteiger partial charge in [-0.05, 0) is 24.3 Å². The minimum atomic E-state index is -0.980. The molecule has 0 spiro atoms. The van der Waals surface area contributed by atoms with Crippen molar-refractivity contribution >= 4 is 5.78 Å². The number of rotatable bonds is 2. The third-order valence-corrected chi connectivity index (χ3v) is 2.25. The first-order chi connectivity index (χ1) is 6.43.